The Hall–Kier alpha value is -1.15. The highest BCUT2D eigenvalue weighted by Crippen LogP contribution is 2.19. The number of nitrogens with one attached hydrogen (secondary N) is 2. The molecule has 1 rings (SSSR count). The molecule has 1 atom stereocenters. The first-order chi connectivity index (χ1) is 8.69. The standard InChI is InChI=1S/C10H20N6OS/c1-4-5-12-6-7-16-10(13-14-15-16)18-8(2)9(17)11-3/h8,12H,4-7H2,1-3H3,(H,11,17). The summed E-state index contributed by atoms with van der Waals surface area (Å²) in [5, 5.41) is 17.8. The summed E-state index contributed by atoms with van der Waals surface area (Å²) < 4.78 is 1.72. The number of aromatic nitrogens is 4. The van der Waals surface area contributed by atoms with E-state index in [4.69, 9.17) is 0 Å². The Balaban J connectivity index is 2.46. The van der Waals surface area contributed by atoms with E-state index in [1.54, 1.807) is 11.7 Å². The topological polar surface area (TPSA) is 84.7 Å². The Labute approximate surface area is 111 Å². The quantitative estimate of drug-likeness (QED) is 0.508. The van der Waals surface area contributed by atoms with Crippen LogP contribution in [-0.4, -0.2) is 51.5 Å². The average Bonchev–Trinajstić information content (AvgIpc) is 2.81. The summed E-state index contributed by atoms with van der Waals surface area (Å²) in [5.41, 5.74) is 0. The number of carbonyl (C=O) groups excluding carboxylic acids is 1. The second-order valence-corrected chi connectivity index (χ2v) is 5.12. The molecule has 0 saturated carbocycles. The predicted molar refractivity (Wildman–Crippen MR) is 70.4 cm³/mol. The molecule has 1 amide bonds. The molecule has 0 saturated heterocycles. The van der Waals surface area contributed by atoms with E-state index in [1.165, 1.54) is 11.8 Å². The van der Waals surface area contributed by atoms with Crippen LogP contribution in [0, 0.1) is 0 Å². The van der Waals surface area contributed by atoms with E-state index in [2.05, 4.69) is 33.1 Å². The van der Waals surface area contributed by atoms with Crippen LogP contribution in [0.15, 0.2) is 5.16 Å². The van der Waals surface area contributed by atoms with Crippen LogP contribution in [0.25, 0.3) is 0 Å². The Morgan fingerprint density at radius 3 is 2.94 bits per heavy atom. The third kappa shape index (κ3) is 4.61. The number of carbonyl (C=O) groups is 1. The molecule has 1 heterocycles. The second-order valence-electron chi connectivity index (χ2n) is 3.81. The van der Waals surface area contributed by atoms with Gasteiger partial charge in [0.25, 0.3) is 0 Å². The number of tetrazole rings is 1. The lowest BCUT2D eigenvalue weighted by atomic mass is 10.4. The van der Waals surface area contributed by atoms with Crippen molar-refractivity contribution >= 4 is 17.7 Å². The molecule has 1 unspecified atom stereocenters. The maximum absolute atomic E-state index is 11.4. The van der Waals surface area contributed by atoms with E-state index in [1.807, 2.05) is 6.92 Å². The zero-order chi connectivity index (χ0) is 13.4. The first-order valence-corrected chi connectivity index (χ1v) is 6.92. The molecule has 0 aliphatic rings. The molecule has 2 N–H and O–H groups in total. The number of nitrogens with zero attached hydrogens (tertiary/aromatic N) is 4. The minimum absolute atomic E-state index is 0.0290. The van der Waals surface area contributed by atoms with Gasteiger partial charge in [-0.15, -0.1) is 5.10 Å². The summed E-state index contributed by atoms with van der Waals surface area (Å²) in [6.45, 7) is 6.46. The number of thioether (sulfide) groups is 1. The summed E-state index contributed by atoms with van der Waals surface area (Å²) in [6, 6.07) is 0. The van der Waals surface area contributed by atoms with Gasteiger partial charge in [0.1, 0.15) is 0 Å². The van der Waals surface area contributed by atoms with Crippen molar-refractivity contribution in [2.75, 3.05) is 20.1 Å². The van der Waals surface area contributed by atoms with Gasteiger partial charge in [-0.3, -0.25) is 4.79 Å². The van der Waals surface area contributed by atoms with E-state index in [0.717, 1.165) is 19.5 Å². The van der Waals surface area contributed by atoms with Gasteiger partial charge in [-0.05, 0) is 30.3 Å². The SMILES string of the molecule is CCCNCCn1nnnc1SC(C)C(=O)NC. The van der Waals surface area contributed by atoms with Gasteiger partial charge in [-0.2, -0.15) is 0 Å². The zero-order valence-corrected chi connectivity index (χ0v) is 11.8. The van der Waals surface area contributed by atoms with Crippen LogP contribution in [0.2, 0.25) is 0 Å². The Morgan fingerprint density at radius 2 is 2.28 bits per heavy atom. The van der Waals surface area contributed by atoms with Crippen molar-refractivity contribution < 1.29 is 4.79 Å². The van der Waals surface area contributed by atoms with Crippen molar-refractivity contribution in [2.24, 2.45) is 0 Å². The summed E-state index contributed by atoms with van der Waals surface area (Å²) in [7, 11) is 1.62. The highest BCUT2D eigenvalue weighted by atomic mass is 32.2. The molecule has 102 valence electrons. The summed E-state index contributed by atoms with van der Waals surface area (Å²) in [5.74, 6) is -0.0290. The molecule has 0 aliphatic carbocycles. The molecule has 0 fully saturated rings. The molecule has 0 aliphatic heterocycles. The average molecular weight is 272 g/mol. The van der Waals surface area contributed by atoms with Gasteiger partial charge in [-0.25, -0.2) is 4.68 Å². The van der Waals surface area contributed by atoms with Crippen LogP contribution < -0.4 is 10.6 Å². The van der Waals surface area contributed by atoms with Gasteiger partial charge in [-0.1, -0.05) is 18.7 Å². The van der Waals surface area contributed by atoms with Crippen LogP contribution in [0.4, 0.5) is 0 Å². The van der Waals surface area contributed by atoms with Crippen LogP contribution in [0.3, 0.4) is 0 Å². The first-order valence-electron chi connectivity index (χ1n) is 6.04. The van der Waals surface area contributed by atoms with Gasteiger partial charge in [0.2, 0.25) is 11.1 Å². The van der Waals surface area contributed by atoms with E-state index in [-0.39, 0.29) is 11.2 Å². The zero-order valence-electron chi connectivity index (χ0n) is 11.0. The molecule has 7 nitrogen and oxygen atoms in total. The fraction of sp³-hybridized carbons (Fsp3) is 0.800. The Bertz CT molecular complexity index is 369. The lowest BCUT2D eigenvalue weighted by molar-refractivity contribution is -0.119. The number of amides is 1. The molecule has 0 spiro atoms. The third-order valence-electron chi connectivity index (χ3n) is 2.32. The monoisotopic (exact) mass is 272 g/mol. The molecule has 18 heavy (non-hydrogen) atoms. The minimum atomic E-state index is -0.205. The number of hydrogen-bond acceptors (Lipinski definition) is 6. The van der Waals surface area contributed by atoms with Gasteiger partial charge >= 0.3 is 0 Å². The van der Waals surface area contributed by atoms with Gasteiger partial charge in [0.15, 0.2) is 0 Å². The molecule has 0 aromatic carbocycles. The van der Waals surface area contributed by atoms with E-state index >= 15 is 0 Å². The summed E-state index contributed by atoms with van der Waals surface area (Å²) >= 11 is 1.36. The highest BCUT2D eigenvalue weighted by molar-refractivity contribution is 8.00. The molecule has 0 bridgehead atoms. The number of hydrogen-bond donors (Lipinski definition) is 2. The fourth-order valence-electron chi connectivity index (χ4n) is 1.32. The Kier molecular flexibility index (Phi) is 6.66. The first kappa shape index (κ1) is 14.9. The van der Waals surface area contributed by atoms with Crippen molar-refractivity contribution in [1.82, 2.24) is 30.8 Å². The van der Waals surface area contributed by atoms with Gasteiger partial charge < -0.3 is 10.6 Å². The second kappa shape index (κ2) is 8.04. The highest BCUT2D eigenvalue weighted by Gasteiger charge is 2.16. The van der Waals surface area contributed by atoms with E-state index in [0.29, 0.717) is 11.7 Å². The van der Waals surface area contributed by atoms with E-state index < -0.39 is 0 Å². The molecular weight excluding hydrogens is 252 g/mol. The van der Waals surface area contributed by atoms with E-state index in [9.17, 15) is 4.79 Å². The van der Waals surface area contributed by atoms with Crippen molar-refractivity contribution in [3.8, 4) is 0 Å². The van der Waals surface area contributed by atoms with Crippen molar-refractivity contribution in [3.05, 3.63) is 0 Å². The molecule has 1 aromatic rings. The number of rotatable bonds is 8. The lowest BCUT2D eigenvalue weighted by Gasteiger charge is -2.09. The minimum Gasteiger partial charge on any atom is -0.358 e. The van der Waals surface area contributed by atoms with Crippen molar-refractivity contribution in [1.29, 1.82) is 0 Å². The predicted octanol–water partition coefficient (Wildman–Crippen LogP) is -0.101. The normalized spacial score (nSPS) is 12.4. The summed E-state index contributed by atoms with van der Waals surface area (Å²) in [4.78, 5) is 11.4. The maximum atomic E-state index is 11.4. The fourth-order valence-corrected chi connectivity index (χ4v) is 2.20. The molecule has 1 aromatic heterocycles. The third-order valence-corrected chi connectivity index (χ3v) is 3.39. The van der Waals surface area contributed by atoms with Crippen molar-refractivity contribution in [2.45, 2.75) is 37.2 Å². The Morgan fingerprint density at radius 1 is 1.50 bits per heavy atom. The molecule has 0 radical (unpaired) electrons. The van der Waals surface area contributed by atoms with Crippen LogP contribution in [0.5, 0.6) is 0 Å². The maximum Gasteiger partial charge on any atom is 0.233 e. The van der Waals surface area contributed by atoms with Crippen LogP contribution >= 0.6 is 11.8 Å². The summed E-state index contributed by atoms with van der Waals surface area (Å²) in [6.07, 6.45) is 1.10. The lowest BCUT2D eigenvalue weighted by Crippen LogP contribution is -2.27. The van der Waals surface area contributed by atoms with Gasteiger partial charge in [0.05, 0.1) is 11.8 Å². The molecule has 8 heteroatoms. The largest absolute Gasteiger partial charge is 0.358 e. The van der Waals surface area contributed by atoms with Crippen molar-refractivity contribution in [3.63, 3.8) is 0 Å². The molecular formula is C10H20N6OS. The van der Waals surface area contributed by atoms with Crippen LogP contribution in [0.1, 0.15) is 20.3 Å². The van der Waals surface area contributed by atoms with Crippen LogP contribution in [-0.2, 0) is 11.3 Å². The van der Waals surface area contributed by atoms with Gasteiger partial charge in [0, 0.05) is 13.6 Å². The smallest absolute Gasteiger partial charge is 0.233 e.